The molecule has 1 aromatic heterocycles. The van der Waals surface area contributed by atoms with Crippen LogP contribution in [0.15, 0.2) is 51.7 Å². The number of ether oxygens (including phenoxy) is 2. The van der Waals surface area contributed by atoms with Gasteiger partial charge in [0.1, 0.15) is 5.58 Å². The predicted octanol–water partition coefficient (Wildman–Crippen LogP) is 3.32. The van der Waals surface area contributed by atoms with E-state index in [9.17, 15) is 18.0 Å². The molecule has 0 spiro atoms. The van der Waals surface area contributed by atoms with Crippen LogP contribution in [-0.4, -0.2) is 50.5 Å². The van der Waals surface area contributed by atoms with Crippen LogP contribution in [0.2, 0.25) is 0 Å². The summed E-state index contributed by atoms with van der Waals surface area (Å²) in [5.74, 6) is 0.361. The van der Waals surface area contributed by atoms with E-state index in [-0.39, 0.29) is 28.3 Å². The summed E-state index contributed by atoms with van der Waals surface area (Å²) in [5.41, 5.74) is 0.862. The highest BCUT2D eigenvalue weighted by Crippen LogP contribution is 2.43. The van der Waals surface area contributed by atoms with E-state index in [1.165, 1.54) is 12.0 Å². The van der Waals surface area contributed by atoms with E-state index in [0.29, 0.717) is 41.1 Å². The second-order valence-corrected chi connectivity index (χ2v) is 10.8. The molecule has 2 atom stereocenters. The van der Waals surface area contributed by atoms with Gasteiger partial charge in [-0.15, -0.1) is 0 Å². The van der Waals surface area contributed by atoms with Gasteiger partial charge in [0.25, 0.3) is 5.91 Å². The number of amides is 1. The molecule has 2 aliphatic rings. The third-order valence-corrected chi connectivity index (χ3v) is 8.13. The van der Waals surface area contributed by atoms with E-state index in [4.69, 9.17) is 13.9 Å². The molecule has 1 amide bonds. The summed E-state index contributed by atoms with van der Waals surface area (Å²) in [4.78, 5) is 28.7. The fourth-order valence-corrected chi connectivity index (χ4v) is 6.53. The first-order valence-corrected chi connectivity index (χ1v) is 13.1. The second-order valence-electron chi connectivity index (χ2n) is 8.60. The first-order chi connectivity index (χ1) is 16.3. The highest BCUT2D eigenvalue weighted by Gasteiger charge is 2.48. The number of fused-ring (bicyclic) bond motifs is 2. The molecule has 3 aromatic rings. The quantitative estimate of drug-likeness (QED) is 0.530. The topological polar surface area (TPSA) is 103 Å². The molecule has 1 saturated heterocycles. The third kappa shape index (κ3) is 3.64. The predicted molar refractivity (Wildman–Crippen MR) is 126 cm³/mol. The highest BCUT2D eigenvalue weighted by molar-refractivity contribution is 7.91. The lowest BCUT2D eigenvalue weighted by Gasteiger charge is -2.30. The Morgan fingerprint density at radius 1 is 1.12 bits per heavy atom. The Morgan fingerprint density at radius 3 is 2.62 bits per heavy atom. The molecular weight excluding hydrogens is 458 g/mol. The minimum Gasteiger partial charge on any atom is -0.493 e. The van der Waals surface area contributed by atoms with Crippen molar-refractivity contribution in [3.05, 3.63) is 69.6 Å². The van der Waals surface area contributed by atoms with Gasteiger partial charge in [0.05, 0.1) is 42.2 Å². The van der Waals surface area contributed by atoms with Crippen LogP contribution in [0, 0.1) is 0 Å². The Labute approximate surface area is 197 Å². The van der Waals surface area contributed by atoms with Crippen molar-refractivity contribution >= 4 is 26.7 Å². The van der Waals surface area contributed by atoms with E-state index in [1.54, 1.807) is 42.5 Å². The van der Waals surface area contributed by atoms with Crippen LogP contribution >= 0.6 is 0 Å². The Bertz CT molecular complexity index is 1440. The minimum absolute atomic E-state index is 0.000971. The maximum Gasteiger partial charge on any atom is 0.291 e. The fraction of sp³-hybridized carbons (Fsp3) is 0.360. The molecule has 0 N–H and O–H groups in total. The van der Waals surface area contributed by atoms with Crippen molar-refractivity contribution in [3.63, 3.8) is 0 Å². The Morgan fingerprint density at radius 2 is 1.91 bits per heavy atom. The first-order valence-electron chi connectivity index (χ1n) is 11.2. The third-order valence-electron chi connectivity index (χ3n) is 6.38. The van der Waals surface area contributed by atoms with Crippen molar-refractivity contribution in [1.82, 2.24) is 4.90 Å². The normalized spacial score (nSPS) is 21.1. The summed E-state index contributed by atoms with van der Waals surface area (Å²) >= 11 is 0. The van der Waals surface area contributed by atoms with E-state index in [1.807, 2.05) is 6.92 Å². The van der Waals surface area contributed by atoms with Gasteiger partial charge in [-0.25, -0.2) is 8.42 Å². The van der Waals surface area contributed by atoms with Crippen LogP contribution in [0.1, 0.15) is 47.5 Å². The number of hydrogen-bond donors (Lipinski definition) is 0. The zero-order valence-electron chi connectivity index (χ0n) is 18.9. The molecule has 2 unspecified atom stereocenters. The van der Waals surface area contributed by atoms with Gasteiger partial charge in [-0.05, 0) is 42.7 Å². The van der Waals surface area contributed by atoms with Crippen molar-refractivity contribution in [2.24, 2.45) is 0 Å². The van der Waals surface area contributed by atoms with Gasteiger partial charge in [0.2, 0.25) is 5.76 Å². The molecular formula is C25H25NO7S. The van der Waals surface area contributed by atoms with Gasteiger partial charge in [0.15, 0.2) is 26.8 Å². The standard InChI is InChI=1S/C25H25NO7S/c1-3-11-32-19-9-8-15(13-20(19)31-2)22-21-23(27)17-6-4-5-7-18(17)33-24(21)25(28)26(22)16-10-12-34(29,30)14-16/h4-9,13,16,22H,3,10-12,14H2,1-2H3. The number of hydrogen-bond acceptors (Lipinski definition) is 7. The molecule has 34 heavy (non-hydrogen) atoms. The lowest BCUT2D eigenvalue weighted by molar-refractivity contribution is 0.0662. The maximum atomic E-state index is 13.6. The number of benzene rings is 2. The molecule has 2 aliphatic heterocycles. The molecule has 0 aliphatic carbocycles. The van der Waals surface area contributed by atoms with Gasteiger partial charge in [0, 0.05) is 6.04 Å². The van der Waals surface area contributed by atoms with Crippen LogP contribution in [0.3, 0.4) is 0 Å². The summed E-state index contributed by atoms with van der Waals surface area (Å²) in [5, 5.41) is 0.370. The second kappa shape index (κ2) is 8.47. The number of para-hydroxylation sites is 1. The molecule has 5 rings (SSSR count). The van der Waals surface area contributed by atoms with Gasteiger partial charge in [-0.1, -0.05) is 25.1 Å². The summed E-state index contributed by atoms with van der Waals surface area (Å²) in [6, 6.07) is 10.7. The van der Waals surface area contributed by atoms with Gasteiger partial charge >= 0.3 is 0 Å². The SMILES string of the molecule is CCCOc1ccc(C2c3c(oc4ccccc4c3=O)C(=O)N2C2CCS(=O)(=O)C2)cc1OC. The molecule has 3 heterocycles. The summed E-state index contributed by atoms with van der Waals surface area (Å²) in [6.45, 7) is 2.52. The smallest absolute Gasteiger partial charge is 0.291 e. The summed E-state index contributed by atoms with van der Waals surface area (Å²) in [7, 11) is -1.75. The van der Waals surface area contributed by atoms with Crippen molar-refractivity contribution in [3.8, 4) is 11.5 Å². The molecule has 8 nitrogen and oxygen atoms in total. The number of carbonyl (C=O) groups is 1. The zero-order chi connectivity index (χ0) is 24.0. The first kappa shape index (κ1) is 22.5. The minimum atomic E-state index is -3.27. The summed E-state index contributed by atoms with van der Waals surface area (Å²) < 4.78 is 41.7. The Kier molecular flexibility index (Phi) is 5.59. The highest BCUT2D eigenvalue weighted by atomic mass is 32.2. The van der Waals surface area contributed by atoms with Crippen molar-refractivity contribution in [1.29, 1.82) is 0 Å². The zero-order valence-corrected chi connectivity index (χ0v) is 19.8. The Hall–Kier alpha value is -3.33. The molecule has 9 heteroatoms. The maximum absolute atomic E-state index is 13.6. The van der Waals surface area contributed by atoms with Crippen LogP contribution < -0.4 is 14.9 Å². The Balaban J connectivity index is 1.70. The van der Waals surface area contributed by atoms with Gasteiger partial charge in [-0.3, -0.25) is 9.59 Å². The number of nitrogens with zero attached hydrogens (tertiary/aromatic N) is 1. The number of sulfone groups is 1. The average molecular weight is 484 g/mol. The number of rotatable bonds is 6. The lowest BCUT2D eigenvalue weighted by Crippen LogP contribution is -2.40. The largest absolute Gasteiger partial charge is 0.493 e. The van der Waals surface area contributed by atoms with E-state index in [0.717, 1.165) is 6.42 Å². The molecule has 0 bridgehead atoms. The average Bonchev–Trinajstić information content (AvgIpc) is 3.34. The molecule has 0 radical (unpaired) electrons. The molecule has 2 aromatic carbocycles. The van der Waals surface area contributed by atoms with E-state index in [2.05, 4.69) is 0 Å². The van der Waals surface area contributed by atoms with Crippen LogP contribution in [0.25, 0.3) is 11.0 Å². The number of methoxy groups -OCH3 is 1. The monoisotopic (exact) mass is 483 g/mol. The van der Waals surface area contributed by atoms with Crippen molar-refractivity contribution in [2.75, 3.05) is 25.2 Å². The van der Waals surface area contributed by atoms with E-state index >= 15 is 0 Å². The fourth-order valence-electron chi connectivity index (χ4n) is 4.82. The van der Waals surface area contributed by atoms with Crippen molar-refractivity contribution in [2.45, 2.75) is 31.8 Å². The van der Waals surface area contributed by atoms with Gasteiger partial charge in [-0.2, -0.15) is 0 Å². The van der Waals surface area contributed by atoms with Crippen LogP contribution in [-0.2, 0) is 9.84 Å². The van der Waals surface area contributed by atoms with E-state index < -0.39 is 27.8 Å². The summed E-state index contributed by atoms with van der Waals surface area (Å²) in [6.07, 6.45) is 1.13. The lowest BCUT2D eigenvalue weighted by atomic mass is 9.97. The molecule has 0 saturated carbocycles. The van der Waals surface area contributed by atoms with Crippen LogP contribution in [0.4, 0.5) is 0 Å². The van der Waals surface area contributed by atoms with Crippen molar-refractivity contribution < 1.29 is 27.1 Å². The number of carbonyl (C=O) groups excluding carboxylic acids is 1. The van der Waals surface area contributed by atoms with Crippen LogP contribution in [0.5, 0.6) is 11.5 Å². The van der Waals surface area contributed by atoms with Gasteiger partial charge < -0.3 is 18.8 Å². The molecule has 1 fully saturated rings. The molecule has 178 valence electrons.